The maximum Gasteiger partial charge on any atom is 0.448 e. The van der Waals surface area contributed by atoms with Crippen LogP contribution in [0.2, 0.25) is 0 Å². The number of alkyl halides is 3. The Kier molecular flexibility index (Phi) is 12.4. The van der Waals surface area contributed by atoms with Crippen LogP contribution in [0.1, 0.15) is 101 Å². The van der Waals surface area contributed by atoms with Crippen molar-refractivity contribution in [2.75, 3.05) is 0 Å². The zero-order valence-corrected chi connectivity index (χ0v) is 30.3. The molecule has 46 heavy (non-hydrogen) atoms. The first-order chi connectivity index (χ1) is 21.0. The van der Waals surface area contributed by atoms with Gasteiger partial charge in [0, 0.05) is 43.7 Å². The minimum absolute atomic E-state index is 0. The van der Waals surface area contributed by atoms with Crippen molar-refractivity contribution in [3.63, 3.8) is 0 Å². The molecule has 249 valence electrons. The molecule has 0 bridgehead atoms. The first-order valence-corrected chi connectivity index (χ1v) is 15.9. The molecule has 7 heteroatoms. The monoisotopic (exact) mass is 809 g/mol. The second-order valence-electron chi connectivity index (χ2n) is 13.9. The minimum atomic E-state index is -4.83. The van der Waals surface area contributed by atoms with Crippen LogP contribution in [0.4, 0.5) is 13.2 Å². The summed E-state index contributed by atoms with van der Waals surface area (Å²) in [4.78, 5) is 16.0. The van der Waals surface area contributed by atoms with E-state index in [9.17, 15) is 18.0 Å². The van der Waals surface area contributed by atoms with Crippen molar-refractivity contribution in [3.05, 3.63) is 88.7 Å². The average Bonchev–Trinajstić information content (AvgIpc) is 2.95. The van der Waals surface area contributed by atoms with Gasteiger partial charge in [-0.1, -0.05) is 95.2 Å². The minimum Gasteiger partial charge on any atom is -0.504 e. The van der Waals surface area contributed by atoms with Gasteiger partial charge in [0.05, 0.1) is 5.52 Å². The predicted octanol–water partition coefficient (Wildman–Crippen LogP) is 11.4. The van der Waals surface area contributed by atoms with Crippen LogP contribution in [0, 0.1) is 25.8 Å². The molecule has 5 rings (SSSR count). The second-order valence-corrected chi connectivity index (χ2v) is 13.9. The number of aromatic nitrogens is 1. The summed E-state index contributed by atoms with van der Waals surface area (Å²) in [7, 11) is 0. The number of pyridine rings is 1. The van der Waals surface area contributed by atoms with Crippen molar-refractivity contribution in [3.8, 4) is 11.3 Å². The first-order valence-electron chi connectivity index (χ1n) is 15.9. The predicted molar refractivity (Wildman–Crippen MR) is 179 cm³/mol. The van der Waals surface area contributed by atoms with Crippen LogP contribution in [0.15, 0.2) is 60.4 Å². The molecule has 4 aromatic rings. The maximum absolute atomic E-state index is 11.7. The normalized spacial score (nSPS) is 14.6. The number of rotatable bonds is 5. The van der Waals surface area contributed by atoms with Gasteiger partial charge in [-0.25, -0.2) is 0 Å². The summed E-state index contributed by atoms with van der Waals surface area (Å²) in [5, 5.41) is 12.2. The third kappa shape index (κ3) is 9.29. The molecule has 1 fully saturated rings. The number of hydrogen-bond donors (Lipinski definition) is 1. The molecular weight excluding hydrogens is 764 g/mol. The van der Waals surface area contributed by atoms with Crippen LogP contribution in [0.25, 0.3) is 32.9 Å². The van der Waals surface area contributed by atoms with Gasteiger partial charge in [0.25, 0.3) is 0 Å². The SMILES string of the molecule is CC(C)CC(=O)/C=C(\O)C(F)(F)F.Cc1cc(C)c2c(C3CCCCC3)cc(-c3[c-]c4ccccc4c(C(C)(C)C)c3)nc2c1.[Ir]. The third-order valence-electron chi connectivity index (χ3n) is 8.38. The fourth-order valence-corrected chi connectivity index (χ4v) is 6.35. The molecule has 1 heterocycles. The molecule has 0 spiro atoms. The van der Waals surface area contributed by atoms with Crippen molar-refractivity contribution in [2.24, 2.45) is 5.92 Å². The summed E-state index contributed by atoms with van der Waals surface area (Å²) in [6.45, 7) is 14.7. The van der Waals surface area contributed by atoms with Crippen LogP contribution in [-0.4, -0.2) is 22.1 Å². The number of allylic oxidation sites excluding steroid dienone is 2. The van der Waals surface area contributed by atoms with E-state index in [1.807, 2.05) is 0 Å². The van der Waals surface area contributed by atoms with Crippen molar-refractivity contribution in [1.82, 2.24) is 4.98 Å². The van der Waals surface area contributed by atoms with E-state index in [4.69, 9.17) is 10.1 Å². The summed E-state index contributed by atoms with van der Waals surface area (Å²) in [6.07, 6.45) is 2.03. The Bertz CT molecular complexity index is 1710. The van der Waals surface area contributed by atoms with E-state index in [1.54, 1.807) is 13.8 Å². The van der Waals surface area contributed by atoms with Gasteiger partial charge < -0.3 is 5.11 Å². The van der Waals surface area contributed by atoms with Gasteiger partial charge in [0.2, 0.25) is 5.76 Å². The van der Waals surface area contributed by atoms with E-state index < -0.39 is 17.7 Å². The Morgan fingerprint density at radius 3 is 2.28 bits per heavy atom. The summed E-state index contributed by atoms with van der Waals surface area (Å²) < 4.78 is 35.0. The van der Waals surface area contributed by atoms with Crippen LogP contribution in [0.3, 0.4) is 0 Å². The smallest absolute Gasteiger partial charge is 0.448 e. The number of fused-ring (bicyclic) bond motifs is 2. The largest absolute Gasteiger partial charge is 0.504 e. The standard InChI is InChI=1S/C31H34N.C8H11F3O2.Ir/c1-20-15-21(2)30-26(22-11-7-6-8-12-22)19-28(32-29(30)16-20)24-17-23-13-9-10-14-25(23)27(18-24)31(3,4)5;1-5(2)3-6(12)4-7(13)8(9,10)11;/h9-10,13-16,18-19,22H,6-8,11-12H2,1-5H3;4-5,13H,3H2,1-2H3;/q-1;;/b;7-4-;. The van der Waals surface area contributed by atoms with E-state index in [-0.39, 0.29) is 43.9 Å². The Morgan fingerprint density at radius 2 is 1.67 bits per heavy atom. The number of aliphatic hydroxyl groups excluding tert-OH is 1. The number of benzene rings is 3. The summed E-state index contributed by atoms with van der Waals surface area (Å²) >= 11 is 0. The van der Waals surface area contributed by atoms with E-state index in [0.717, 1.165) is 16.8 Å². The van der Waals surface area contributed by atoms with Crippen molar-refractivity contribution >= 4 is 27.5 Å². The van der Waals surface area contributed by atoms with E-state index >= 15 is 0 Å². The van der Waals surface area contributed by atoms with Gasteiger partial charge in [0.15, 0.2) is 5.78 Å². The number of aliphatic hydroxyl groups is 1. The van der Waals surface area contributed by atoms with Crippen LogP contribution < -0.4 is 0 Å². The summed E-state index contributed by atoms with van der Waals surface area (Å²) in [5.41, 5.74) is 8.89. The van der Waals surface area contributed by atoms with Crippen molar-refractivity contribution < 1.29 is 43.2 Å². The van der Waals surface area contributed by atoms with Crippen molar-refractivity contribution in [1.29, 1.82) is 0 Å². The fraction of sp³-hybridized carbons (Fsp3) is 0.436. The third-order valence-corrected chi connectivity index (χ3v) is 8.38. The van der Waals surface area contributed by atoms with Gasteiger partial charge in [-0.3, -0.25) is 9.78 Å². The molecule has 1 aromatic heterocycles. The number of ketones is 1. The van der Waals surface area contributed by atoms with Gasteiger partial charge in [-0.15, -0.1) is 29.1 Å². The molecule has 1 N–H and O–H groups in total. The first kappa shape index (κ1) is 37.4. The molecule has 3 aromatic carbocycles. The molecular formula is C39H45F3IrNO2-. The van der Waals surface area contributed by atoms with Gasteiger partial charge >= 0.3 is 6.18 Å². The number of hydrogen-bond acceptors (Lipinski definition) is 3. The van der Waals surface area contributed by atoms with Crippen LogP contribution >= 0.6 is 0 Å². The molecule has 3 nitrogen and oxygen atoms in total. The van der Waals surface area contributed by atoms with Gasteiger partial charge in [-0.2, -0.15) is 13.2 Å². The van der Waals surface area contributed by atoms with E-state index in [2.05, 4.69) is 89.2 Å². The molecule has 0 aliphatic heterocycles. The number of nitrogens with zero attached hydrogens (tertiary/aromatic N) is 1. The molecule has 1 saturated carbocycles. The van der Waals surface area contributed by atoms with Gasteiger partial charge in [-0.05, 0) is 66.7 Å². The quantitative estimate of drug-likeness (QED) is 0.124. The van der Waals surface area contributed by atoms with Crippen LogP contribution in [0.5, 0.6) is 0 Å². The Morgan fingerprint density at radius 1 is 1.02 bits per heavy atom. The molecule has 0 saturated heterocycles. The number of halogens is 3. The maximum atomic E-state index is 11.7. The second kappa shape index (κ2) is 15.3. The molecule has 0 amide bonds. The van der Waals surface area contributed by atoms with Crippen LogP contribution in [-0.2, 0) is 30.3 Å². The Balaban J connectivity index is 0.000000352. The number of aryl methyl sites for hydroxylation is 2. The molecule has 0 atom stereocenters. The molecule has 1 aliphatic rings. The van der Waals surface area contributed by atoms with E-state index in [0.29, 0.717) is 5.92 Å². The zero-order valence-electron chi connectivity index (χ0n) is 27.9. The molecule has 0 unspecified atom stereocenters. The molecule has 1 aliphatic carbocycles. The summed E-state index contributed by atoms with van der Waals surface area (Å²) in [5.74, 6) is -1.94. The van der Waals surface area contributed by atoms with Gasteiger partial charge in [0.1, 0.15) is 0 Å². The Labute approximate surface area is 285 Å². The number of carbonyl (C=O) groups excluding carboxylic acids is 1. The zero-order chi connectivity index (χ0) is 33.1. The summed E-state index contributed by atoms with van der Waals surface area (Å²) in [6, 6.07) is 21.7. The fourth-order valence-electron chi connectivity index (χ4n) is 6.35. The topological polar surface area (TPSA) is 50.2 Å². The van der Waals surface area contributed by atoms with Crippen molar-refractivity contribution in [2.45, 2.75) is 105 Å². The average molecular weight is 809 g/mol. The molecule has 1 radical (unpaired) electrons. The number of carbonyl (C=O) groups is 1. The Hall–Kier alpha value is -3.02. The van der Waals surface area contributed by atoms with E-state index in [1.165, 1.54) is 70.5 Å².